The van der Waals surface area contributed by atoms with Gasteiger partial charge >= 0.3 is 5.97 Å². The van der Waals surface area contributed by atoms with Gasteiger partial charge < -0.3 is 19.9 Å². The Balaban J connectivity index is 2.65. The number of hydrogen-bond donors (Lipinski definition) is 2. The lowest BCUT2D eigenvalue weighted by molar-refractivity contribution is -0.139. The molecule has 0 bridgehead atoms. The topological polar surface area (TPSA) is 84.9 Å². The third-order valence-electron chi connectivity index (χ3n) is 3.98. The van der Waals surface area contributed by atoms with E-state index >= 15 is 0 Å². The van der Waals surface area contributed by atoms with Crippen LogP contribution in [0.2, 0.25) is 0 Å². The number of aryl methyl sites for hydroxylation is 1. The van der Waals surface area contributed by atoms with Gasteiger partial charge in [-0.15, -0.1) is 0 Å². The summed E-state index contributed by atoms with van der Waals surface area (Å²) in [4.78, 5) is 23.1. The lowest BCUT2D eigenvalue weighted by Gasteiger charge is -2.31. The number of benzene rings is 1. The number of ether oxygens (including phenoxy) is 2. The molecule has 0 aromatic heterocycles. The van der Waals surface area contributed by atoms with E-state index < -0.39 is 11.5 Å². The summed E-state index contributed by atoms with van der Waals surface area (Å²) < 4.78 is 10.6. The van der Waals surface area contributed by atoms with Crippen molar-refractivity contribution in [1.29, 1.82) is 0 Å². The fraction of sp³-hybridized carbons (Fsp3) is 0.529. The zero-order chi connectivity index (χ0) is 17.5. The molecule has 0 saturated heterocycles. The van der Waals surface area contributed by atoms with E-state index in [0.717, 1.165) is 11.3 Å². The molecule has 0 aliphatic carbocycles. The first-order valence-corrected chi connectivity index (χ1v) is 7.66. The Labute approximate surface area is 136 Å². The van der Waals surface area contributed by atoms with Gasteiger partial charge in [0, 0.05) is 0 Å². The number of aliphatic carboxylic acids is 1. The van der Waals surface area contributed by atoms with Crippen molar-refractivity contribution in [3.8, 4) is 11.5 Å². The van der Waals surface area contributed by atoms with Crippen LogP contribution in [0.15, 0.2) is 18.2 Å². The van der Waals surface area contributed by atoms with Gasteiger partial charge in [-0.2, -0.15) is 0 Å². The number of carboxylic acids is 1. The molecule has 0 spiro atoms. The molecule has 0 heterocycles. The smallest absolute Gasteiger partial charge is 0.305 e. The van der Waals surface area contributed by atoms with Gasteiger partial charge in [-0.25, -0.2) is 0 Å². The molecule has 1 rings (SSSR count). The standard InChI is InChI=1S/C17H25NO5/c1-5-17(6-2,10-16(20)21)18-15(19)11-23-13-7-8-14(22-4)12(3)9-13/h7-9H,5-6,10-11H2,1-4H3,(H,18,19)(H,20,21). The van der Waals surface area contributed by atoms with Gasteiger partial charge in [-0.3, -0.25) is 9.59 Å². The van der Waals surface area contributed by atoms with Gasteiger partial charge in [0.15, 0.2) is 6.61 Å². The van der Waals surface area contributed by atoms with Crippen LogP contribution >= 0.6 is 0 Å². The first kappa shape index (κ1) is 18.8. The minimum atomic E-state index is -0.930. The normalized spacial score (nSPS) is 11.0. The van der Waals surface area contributed by atoms with Crippen LogP contribution < -0.4 is 14.8 Å². The molecular weight excluding hydrogens is 298 g/mol. The second-order valence-corrected chi connectivity index (χ2v) is 5.53. The van der Waals surface area contributed by atoms with Gasteiger partial charge in [0.1, 0.15) is 11.5 Å². The van der Waals surface area contributed by atoms with Crippen molar-refractivity contribution in [2.45, 2.75) is 45.6 Å². The number of carbonyl (C=O) groups is 2. The summed E-state index contributed by atoms with van der Waals surface area (Å²) in [7, 11) is 1.59. The highest BCUT2D eigenvalue weighted by Gasteiger charge is 2.30. The van der Waals surface area contributed by atoms with Gasteiger partial charge in [-0.1, -0.05) is 13.8 Å². The number of carboxylic acid groups (broad SMARTS) is 1. The number of rotatable bonds is 9. The quantitative estimate of drug-likeness (QED) is 0.729. The second-order valence-electron chi connectivity index (χ2n) is 5.53. The minimum Gasteiger partial charge on any atom is -0.496 e. The summed E-state index contributed by atoms with van der Waals surface area (Å²) >= 11 is 0. The van der Waals surface area contributed by atoms with Crippen molar-refractivity contribution in [3.05, 3.63) is 23.8 Å². The van der Waals surface area contributed by atoms with E-state index in [1.165, 1.54) is 0 Å². The Morgan fingerprint density at radius 3 is 2.39 bits per heavy atom. The minimum absolute atomic E-state index is 0.104. The molecule has 128 valence electrons. The molecule has 0 radical (unpaired) electrons. The van der Waals surface area contributed by atoms with E-state index in [1.807, 2.05) is 20.8 Å². The fourth-order valence-corrected chi connectivity index (χ4v) is 2.43. The summed E-state index contributed by atoms with van der Waals surface area (Å²) in [6.45, 7) is 5.45. The summed E-state index contributed by atoms with van der Waals surface area (Å²) in [5.74, 6) is 0.0543. The Hall–Kier alpha value is -2.24. The van der Waals surface area contributed by atoms with Crippen molar-refractivity contribution in [3.63, 3.8) is 0 Å². The maximum atomic E-state index is 12.1. The van der Waals surface area contributed by atoms with Crippen molar-refractivity contribution < 1.29 is 24.2 Å². The Morgan fingerprint density at radius 1 is 1.26 bits per heavy atom. The molecule has 1 amide bonds. The van der Waals surface area contributed by atoms with Gasteiger partial charge in [0.05, 0.1) is 19.1 Å². The molecule has 0 aliphatic heterocycles. The van der Waals surface area contributed by atoms with Crippen LogP contribution in [0.3, 0.4) is 0 Å². The number of carbonyl (C=O) groups excluding carboxylic acids is 1. The van der Waals surface area contributed by atoms with E-state index in [1.54, 1.807) is 25.3 Å². The molecule has 0 saturated carbocycles. The van der Waals surface area contributed by atoms with E-state index in [9.17, 15) is 9.59 Å². The second kappa shape index (κ2) is 8.41. The van der Waals surface area contributed by atoms with E-state index in [2.05, 4.69) is 5.32 Å². The predicted molar refractivity (Wildman–Crippen MR) is 86.9 cm³/mol. The largest absolute Gasteiger partial charge is 0.496 e. The molecule has 0 fully saturated rings. The summed E-state index contributed by atoms with van der Waals surface area (Å²) in [6.07, 6.45) is 0.986. The van der Waals surface area contributed by atoms with Crippen molar-refractivity contribution in [2.24, 2.45) is 0 Å². The fourth-order valence-electron chi connectivity index (χ4n) is 2.43. The SMILES string of the molecule is CCC(CC)(CC(=O)O)NC(=O)COc1ccc(OC)c(C)c1. The van der Waals surface area contributed by atoms with E-state index in [-0.39, 0.29) is 18.9 Å². The third-order valence-corrected chi connectivity index (χ3v) is 3.98. The van der Waals surface area contributed by atoms with Crippen LogP contribution in [0.4, 0.5) is 0 Å². The van der Waals surface area contributed by atoms with Gasteiger partial charge in [-0.05, 0) is 43.5 Å². The van der Waals surface area contributed by atoms with Crippen molar-refractivity contribution in [2.75, 3.05) is 13.7 Å². The van der Waals surface area contributed by atoms with Crippen LogP contribution in [-0.4, -0.2) is 36.2 Å². The van der Waals surface area contributed by atoms with Crippen LogP contribution in [0, 0.1) is 6.92 Å². The first-order valence-electron chi connectivity index (χ1n) is 7.66. The number of methoxy groups -OCH3 is 1. The summed E-state index contributed by atoms with van der Waals surface area (Å²) in [5, 5.41) is 11.8. The monoisotopic (exact) mass is 323 g/mol. The molecule has 1 aromatic rings. The molecular formula is C17H25NO5. The molecule has 0 atom stereocenters. The molecule has 6 nitrogen and oxygen atoms in total. The van der Waals surface area contributed by atoms with Crippen molar-refractivity contribution in [1.82, 2.24) is 5.32 Å². The average Bonchev–Trinajstić information content (AvgIpc) is 2.52. The highest BCUT2D eigenvalue weighted by atomic mass is 16.5. The zero-order valence-electron chi connectivity index (χ0n) is 14.1. The highest BCUT2D eigenvalue weighted by Crippen LogP contribution is 2.23. The lowest BCUT2D eigenvalue weighted by Crippen LogP contribution is -2.50. The Morgan fingerprint density at radius 2 is 1.91 bits per heavy atom. The zero-order valence-corrected chi connectivity index (χ0v) is 14.1. The third kappa shape index (κ3) is 5.47. The summed E-state index contributed by atoms with van der Waals surface area (Å²) in [5.41, 5.74) is 0.176. The average molecular weight is 323 g/mol. The molecule has 2 N–H and O–H groups in total. The maximum absolute atomic E-state index is 12.1. The molecule has 0 aliphatic rings. The molecule has 23 heavy (non-hydrogen) atoms. The molecule has 0 unspecified atom stereocenters. The van der Waals surface area contributed by atoms with Crippen LogP contribution in [0.1, 0.15) is 38.7 Å². The number of amides is 1. The number of hydrogen-bond acceptors (Lipinski definition) is 4. The lowest BCUT2D eigenvalue weighted by atomic mass is 9.89. The van der Waals surface area contributed by atoms with E-state index in [4.69, 9.17) is 14.6 Å². The highest BCUT2D eigenvalue weighted by molar-refractivity contribution is 5.79. The van der Waals surface area contributed by atoms with Gasteiger partial charge in [0.2, 0.25) is 0 Å². The van der Waals surface area contributed by atoms with Crippen LogP contribution in [-0.2, 0) is 9.59 Å². The Bertz CT molecular complexity index is 552. The molecule has 6 heteroatoms. The van der Waals surface area contributed by atoms with E-state index in [0.29, 0.717) is 18.6 Å². The van der Waals surface area contributed by atoms with Gasteiger partial charge in [0.25, 0.3) is 5.91 Å². The summed E-state index contributed by atoms with van der Waals surface area (Å²) in [6, 6.07) is 5.29. The predicted octanol–water partition coefficient (Wildman–Crippen LogP) is 2.53. The molecule has 1 aromatic carbocycles. The van der Waals surface area contributed by atoms with Crippen molar-refractivity contribution >= 4 is 11.9 Å². The first-order chi connectivity index (χ1) is 10.9. The van der Waals surface area contributed by atoms with Crippen LogP contribution in [0.5, 0.6) is 11.5 Å². The van der Waals surface area contributed by atoms with Crippen LogP contribution in [0.25, 0.3) is 0 Å². The maximum Gasteiger partial charge on any atom is 0.305 e. The number of nitrogens with one attached hydrogen (secondary N) is 1. The Kier molecular flexibility index (Phi) is 6.88.